The third-order valence-electron chi connectivity index (χ3n) is 5.29. The van der Waals surface area contributed by atoms with Crippen molar-refractivity contribution < 1.29 is 5.11 Å². The number of rotatable bonds is 5. The normalized spacial score (nSPS) is 23.3. The van der Waals surface area contributed by atoms with Gasteiger partial charge in [0.1, 0.15) is 0 Å². The van der Waals surface area contributed by atoms with Crippen molar-refractivity contribution >= 4 is 11.6 Å². The summed E-state index contributed by atoms with van der Waals surface area (Å²) >= 11 is 6.19. The summed E-state index contributed by atoms with van der Waals surface area (Å²) in [5, 5.41) is 12.6. The zero-order valence-electron chi connectivity index (χ0n) is 15.1. The number of aromatic nitrogens is 1. The molecule has 4 heteroatoms. The van der Waals surface area contributed by atoms with Crippen LogP contribution in [0.4, 0.5) is 0 Å². The van der Waals surface area contributed by atoms with Gasteiger partial charge in [0, 0.05) is 18.3 Å². The Kier molecular flexibility index (Phi) is 5.78. The molecule has 1 N–H and O–H groups in total. The molecule has 0 spiro atoms. The van der Waals surface area contributed by atoms with Crippen LogP contribution in [0.3, 0.4) is 0 Å². The van der Waals surface area contributed by atoms with E-state index >= 15 is 0 Å². The Morgan fingerprint density at radius 3 is 2.84 bits per heavy atom. The smallest absolute Gasteiger partial charge is 0.0968 e. The van der Waals surface area contributed by atoms with Crippen LogP contribution < -0.4 is 0 Å². The Hall–Kier alpha value is -1.42. The molecule has 1 aromatic carbocycles. The van der Waals surface area contributed by atoms with Crippen molar-refractivity contribution in [1.82, 2.24) is 9.88 Å². The molecule has 0 saturated carbocycles. The molecule has 1 aromatic heterocycles. The van der Waals surface area contributed by atoms with E-state index in [4.69, 9.17) is 11.6 Å². The molecule has 1 heterocycles. The lowest BCUT2D eigenvalue weighted by molar-refractivity contribution is -0.00614. The van der Waals surface area contributed by atoms with Gasteiger partial charge < -0.3 is 10.0 Å². The van der Waals surface area contributed by atoms with Crippen LogP contribution in [0, 0.1) is 0 Å². The van der Waals surface area contributed by atoms with E-state index in [9.17, 15) is 5.11 Å². The van der Waals surface area contributed by atoms with E-state index in [1.165, 1.54) is 5.56 Å². The van der Waals surface area contributed by atoms with Crippen molar-refractivity contribution in [2.24, 2.45) is 0 Å². The van der Waals surface area contributed by atoms with Crippen molar-refractivity contribution in [3.8, 4) is 0 Å². The van der Waals surface area contributed by atoms with Gasteiger partial charge in [-0.2, -0.15) is 0 Å². The van der Waals surface area contributed by atoms with Crippen molar-refractivity contribution in [1.29, 1.82) is 0 Å². The Morgan fingerprint density at radius 2 is 2.08 bits per heavy atom. The minimum absolute atomic E-state index is 0.0181. The van der Waals surface area contributed by atoms with Crippen molar-refractivity contribution in [3.63, 3.8) is 0 Å². The van der Waals surface area contributed by atoms with E-state index in [0.29, 0.717) is 5.02 Å². The monoisotopic (exact) mass is 358 g/mol. The number of hydrogen-bond acceptors (Lipinski definition) is 3. The van der Waals surface area contributed by atoms with Gasteiger partial charge in [0.05, 0.1) is 10.6 Å². The van der Waals surface area contributed by atoms with E-state index in [-0.39, 0.29) is 5.92 Å². The van der Waals surface area contributed by atoms with Crippen LogP contribution in [0.15, 0.2) is 42.7 Å². The van der Waals surface area contributed by atoms with Crippen LogP contribution in [-0.4, -0.2) is 35.6 Å². The zero-order valence-corrected chi connectivity index (χ0v) is 15.8. The maximum Gasteiger partial charge on any atom is 0.0968 e. The molecule has 0 bridgehead atoms. The van der Waals surface area contributed by atoms with Crippen LogP contribution in [0.1, 0.15) is 48.3 Å². The number of benzene rings is 1. The quantitative estimate of drug-likeness (QED) is 0.805. The first-order valence-electron chi connectivity index (χ1n) is 9.06. The maximum atomic E-state index is 11.9. The molecule has 0 saturated heterocycles. The molecule has 25 heavy (non-hydrogen) atoms. The molecular formula is C21H27ClN2O. The van der Waals surface area contributed by atoms with Crippen molar-refractivity contribution in [2.75, 3.05) is 20.6 Å². The molecule has 0 amide bonds. The van der Waals surface area contributed by atoms with Crippen LogP contribution in [0.5, 0.6) is 0 Å². The summed E-state index contributed by atoms with van der Waals surface area (Å²) in [5.41, 5.74) is 2.51. The molecule has 0 unspecified atom stereocenters. The SMILES string of the molecule is CN(C)CCC[C@]1(O)c2ccccc2CCC[C@@H]1c1cncc(Cl)c1. The summed E-state index contributed by atoms with van der Waals surface area (Å²) in [4.78, 5) is 6.44. The number of aliphatic hydroxyl groups is 1. The molecule has 1 aliphatic carbocycles. The predicted molar refractivity (Wildman–Crippen MR) is 103 cm³/mol. The highest BCUT2D eigenvalue weighted by atomic mass is 35.5. The van der Waals surface area contributed by atoms with E-state index in [1.54, 1.807) is 6.20 Å². The van der Waals surface area contributed by atoms with Gasteiger partial charge in [0.2, 0.25) is 0 Å². The topological polar surface area (TPSA) is 36.4 Å². The van der Waals surface area contributed by atoms with E-state index in [0.717, 1.165) is 49.8 Å². The van der Waals surface area contributed by atoms with Crippen LogP contribution in [0.2, 0.25) is 5.02 Å². The molecule has 3 nitrogen and oxygen atoms in total. The minimum atomic E-state index is -0.879. The largest absolute Gasteiger partial charge is 0.385 e. The summed E-state index contributed by atoms with van der Waals surface area (Å²) in [6.07, 6.45) is 8.21. The van der Waals surface area contributed by atoms with Gasteiger partial charge in [-0.3, -0.25) is 4.98 Å². The van der Waals surface area contributed by atoms with E-state index in [2.05, 4.69) is 42.2 Å². The van der Waals surface area contributed by atoms with Gasteiger partial charge in [-0.15, -0.1) is 0 Å². The average molecular weight is 359 g/mol. The van der Waals surface area contributed by atoms with Crippen LogP contribution >= 0.6 is 11.6 Å². The molecule has 2 atom stereocenters. The second kappa shape index (κ2) is 7.86. The van der Waals surface area contributed by atoms with Gasteiger partial charge in [-0.1, -0.05) is 35.9 Å². The van der Waals surface area contributed by atoms with E-state index in [1.807, 2.05) is 18.3 Å². The van der Waals surface area contributed by atoms with Crippen molar-refractivity contribution in [3.05, 3.63) is 64.4 Å². The number of nitrogens with zero attached hydrogens (tertiary/aromatic N) is 2. The van der Waals surface area contributed by atoms with Crippen molar-refractivity contribution in [2.45, 2.75) is 43.6 Å². The van der Waals surface area contributed by atoms with Gasteiger partial charge in [0.15, 0.2) is 0 Å². The second-order valence-corrected chi connectivity index (χ2v) is 7.81. The lowest BCUT2D eigenvalue weighted by Gasteiger charge is -2.37. The Labute approximate surface area is 155 Å². The standard InChI is InChI=1S/C21H27ClN2O/c1-24(2)12-6-11-21(25)19-9-4-3-7-16(19)8-5-10-20(21)17-13-18(22)15-23-14-17/h3-4,7,9,13-15,20,25H,5-6,8,10-12H2,1-2H3/t20-,21+/m1/s1. The zero-order chi connectivity index (χ0) is 17.9. The molecule has 3 rings (SSSR count). The number of halogens is 1. The lowest BCUT2D eigenvalue weighted by Crippen LogP contribution is -2.34. The average Bonchev–Trinajstić information content (AvgIpc) is 2.72. The number of pyridine rings is 1. The van der Waals surface area contributed by atoms with Gasteiger partial charge in [-0.05, 0) is 75.5 Å². The Morgan fingerprint density at radius 1 is 1.28 bits per heavy atom. The summed E-state index contributed by atoms with van der Waals surface area (Å²) in [5.74, 6) is 0.0181. The highest BCUT2D eigenvalue weighted by molar-refractivity contribution is 6.30. The fraction of sp³-hybridized carbons (Fsp3) is 0.476. The molecule has 0 fully saturated rings. The van der Waals surface area contributed by atoms with Gasteiger partial charge >= 0.3 is 0 Å². The summed E-state index contributed by atoms with van der Waals surface area (Å²) in [7, 11) is 4.15. The minimum Gasteiger partial charge on any atom is -0.385 e. The fourth-order valence-electron chi connectivity index (χ4n) is 4.12. The van der Waals surface area contributed by atoms with Crippen LogP contribution in [-0.2, 0) is 12.0 Å². The maximum absolute atomic E-state index is 11.9. The highest BCUT2D eigenvalue weighted by Crippen LogP contribution is 2.47. The number of hydrogen-bond donors (Lipinski definition) is 1. The molecule has 0 radical (unpaired) electrons. The fourth-order valence-corrected chi connectivity index (χ4v) is 4.30. The van der Waals surface area contributed by atoms with E-state index < -0.39 is 5.60 Å². The summed E-state index contributed by atoms with van der Waals surface area (Å²) < 4.78 is 0. The first kappa shape index (κ1) is 18.4. The number of aryl methyl sites for hydroxylation is 1. The highest BCUT2D eigenvalue weighted by Gasteiger charge is 2.41. The lowest BCUT2D eigenvalue weighted by atomic mass is 9.73. The summed E-state index contributed by atoms with van der Waals surface area (Å²) in [6, 6.07) is 10.3. The van der Waals surface area contributed by atoms with Crippen LogP contribution in [0.25, 0.3) is 0 Å². The number of fused-ring (bicyclic) bond motifs is 1. The molecule has 2 aromatic rings. The first-order valence-corrected chi connectivity index (χ1v) is 9.44. The third-order valence-corrected chi connectivity index (χ3v) is 5.50. The predicted octanol–water partition coefficient (Wildman–Crippen LogP) is 4.38. The Bertz CT molecular complexity index is 719. The summed E-state index contributed by atoms with van der Waals surface area (Å²) in [6.45, 7) is 0.963. The second-order valence-electron chi connectivity index (χ2n) is 7.37. The first-order chi connectivity index (χ1) is 12.0. The molecule has 0 aliphatic heterocycles. The molecular weight excluding hydrogens is 332 g/mol. The third kappa shape index (κ3) is 4.05. The molecule has 1 aliphatic rings. The van der Waals surface area contributed by atoms with Gasteiger partial charge in [0.25, 0.3) is 0 Å². The Balaban J connectivity index is 2.02. The molecule has 134 valence electrons. The van der Waals surface area contributed by atoms with Gasteiger partial charge in [-0.25, -0.2) is 0 Å².